The minimum atomic E-state index is -0.562. The second-order valence-corrected chi connectivity index (χ2v) is 18.6. The molecule has 1 aliphatic rings. The van der Waals surface area contributed by atoms with Gasteiger partial charge in [-0.05, 0) is 109 Å². The summed E-state index contributed by atoms with van der Waals surface area (Å²) in [5.74, 6) is 0. The van der Waals surface area contributed by atoms with E-state index < -0.39 is 5.41 Å². The molecule has 1 nitrogen and oxygen atoms in total. The van der Waals surface area contributed by atoms with Gasteiger partial charge in [-0.3, -0.25) is 0 Å². The van der Waals surface area contributed by atoms with E-state index in [0.29, 0.717) is 0 Å². The first kappa shape index (κ1) is 39.1. The van der Waals surface area contributed by atoms with Gasteiger partial charge in [-0.2, -0.15) is 0 Å². The molecule has 0 N–H and O–H groups in total. The van der Waals surface area contributed by atoms with Crippen molar-refractivity contribution < 1.29 is 0 Å². The molecule has 0 bridgehead atoms. The number of thiophene rings is 1. The van der Waals surface area contributed by atoms with E-state index in [1.54, 1.807) is 0 Å². The zero-order valence-corrected chi connectivity index (χ0v) is 37.5. The Bertz CT molecular complexity index is 3770. The van der Waals surface area contributed by atoms with Gasteiger partial charge in [0.1, 0.15) is 0 Å². The molecule has 13 rings (SSSR count). The third kappa shape index (κ3) is 6.22. The van der Waals surface area contributed by atoms with E-state index in [0.717, 1.165) is 28.2 Å². The maximum absolute atomic E-state index is 2.55. The van der Waals surface area contributed by atoms with Crippen molar-refractivity contribution in [3.8, 4) is 44.5 Å². The number of nitrogens with zero attached hydrogens (tertiary/aromatic N) is 1. The van der Waals surface area contributed by atoms with Crippen LogP contribution in [0.1, 0.15) is 22.3 Å². The van der Waals surface area contributed by atoms with Crippen molar-refractivity contribution >= 4 is 59.3 Å². The molecule has 1 aliphatic carbocycles. The molecular weight excluding hydrogens is 827 g/mol. The average Bonchev–Trinajstić information content (AvgIpc) is 3.93. The van der Waals surface area contributed by atoms with Crippen LogP contribution in [0.5, 0.6) is 0 Å². The fourth-order valence-electron chi connectivity index (χ4n) is 11.1. The summed E-state index contributed by atoms with van der Waals surface area (Å²) in [5, 5.41) is 5.01. The maximum atomic E-state index is 2.55. The van der Waals surface area contributed by atoms with E-state index in [4.69, 9.17) is 0 Å². The lowest BCUT2D eigenvalue weighted by atomic mass is 9.67. The second kappa shape index (κ2) is 16.0. The summed E-state index contributed by atoms with van der Waals surface area (Å²) in [5.41, 5.74) is 17.4. The first-order valence-electron chi connectivity index (χ1n) is 23.1. The van der Waals surface area contributed by atoms with Crippen molar-refractivity contribution in [1.29, 1.82) is 0 Å². The lowest BCUT2D eigenvalue weighted by Gasteiger charge is -2.35. The fraction of sp³-hybridized carbons (Fsp3) is 0.0154. The molecule has 67 heavy (non-hydrogen) atoms. The van der Waals surface area contributed by atoms with Crippen molar-refractivity contribution in [2.45, 2.75) is 5.41 Å². The van der Waals surface area contributed by atoms with Gasteiger partial charge in [-0.15, -0.1) is 11.3 Å². The van der Waals surface area contributed by atoms with Gasteiger partial charge in [0.15, 0.2) is 0 Å². The van der Waals surface area contributed by atoms with E-state index in [2.05, 4.69) is 266 Å². The van der Waals surface area contributed by atoms with Crippen molar-refractivity contribution in [3.05, 3.63) is 283 Å². The largest absolute Gasteiger partial charge is 0.309 e. The van der Waals surface area contributed by atoms with Crippen LogP contribution in [0.15, 0.2) is 261 Å². The predicted octanol–water partition coefficient (Wildman–Crippen LogP) is 18.0. The Labute approximate surface area is 395 Å². The Balaban J connectivity index is 1.15. The standard InChI is InChI=1S/C65H43NS/c1-4-20-45(21-5-1)51-29-13-16-35-60(51)66(49-39-40-54-53-30-12-15-34-58(53)65(59(54)43-49,47-24-6-2-7-25-47)48-26-8-3-9-27-48)61-36-19-33-56(52-32-18-23-44-22-10-11-28-50(44)52)64(61)46-38-41-63-57(42-46)55-31-14-17-37-62(55)67-63/h1-43H. The van der Waals surface area contributed by atoms with Crippen molar-refractivity contribution in [2.24, 2.45) is 0 Å². The summed E-state index contributed by atoms with van der Waals surface area (Å²) >= 11 is 1.86. The molecule has 0 saturated heterocycles. The minimum Gasteiger partial charge on any atom is -0.309 e. The number of para-hydroxylation sites is 1. The van der Waals surface area contributed by atoms with Crippen LogP contribution < -0.4 is 4.90 Å². The van der Waals surface area contributed by atoms with E-state index in [9.17, 15) is 0 Å². The molecule has 0 radical (unpaired) electrons. The predicted molar refractivity (Wildman–Crippen MR) is 285 cm³/mol. The lowest BCUT2D eigenvalue weighted by Crippen LogP contribution is -2.28. The number of fused-ring (bicyclic) bond motifs is 7. The molecule has 314 valence electrons. The van der Waals surface area contributed by atoms with E-state index in [1.807, 2.05) is 11.3 Å². The van der Waals surface area contributed by atoms with Gasteiger partial charge >= 0.3 is 0 Å². The highest BCUT2D eigenvalue weighted by Gasteiger charge is 2.46. The van der Waals surface area contributed by atoms with Gasteiger partial charge in [-0.25, -0.2) is 0 Å². The van der Waals surface area contributed by atoms with Crippen LogP contribution in [0.25, 0.3) is 75.5 Å². The highest BCUT2D eigenvalue weighted by atomic mass is 32.1. The van der Waals surface area contributed by atoms with Crippen molar-refractivity contribution in [1.82, 2.24) is 0 Å². The third-order valence-electron chi connectivity index (χ3n) is 14.0. The minimum absolute atomic E-state index is 0.562. The molecule has 0 spiro atoms. The lowest BCUT2D eigenvalue weighted by molar-refractivity contribution is 0.768. The Kier molecular flexibility index (Phi) is 9.33. The third-order valence-corrected chi connectivity index (χ3v) is 15.1. The molecule has 0 unspecified atom stereocenters. The Morgan fingerprint density at radius 2 is 0.881 bits per heavy atom. The Morgan fingerprint density at radius 3 is 1.69 bits per heavy atom. The van der Waals surface area contributed by atoms with Crippen LogP contribution in [0.4, 0.5) is 17.1 Å². The van der Waals surface area contributed by atoms with Crippen LogP contribution in [0.3, 0.4) is 0 Å². The van der Waals surface area contributed by atoms with Crippen LogP contribution in [-0.4, -0.2) is 0 Å². The van der Waals surface area contributed by atoms with Crippen molar-refractivity contribution in [2.75, 3.05) is 4.90 Å². The van der Waals surface area contributed by atoms with Crippen LogP contribution in [-0.2, 0) is 5.41 Å². The Hall–Kier alpha value is -8.30. The molecule has 0 amide bonds. The quantitative estimate of drug-likeness (QED) is 0.147. The SMILES string of the molecule is c1ccc(-c2ccccc2N(c2ccc3c(c2)C(c2ccccc2)(c2ccccc2)c2ccccc2-3)c2cccc(-c3cccc4ccccc34)c2-c2ccc3sc4ccccc4c3c2)cc1. The van der Waals surface area contributed by atoms with Gasteiger partial charge in [0.05, 0.1) is 16.8 Å². The van der Waals surface area contributed by atoms with Gasteiger partial charge in [0.25, 0.3) is 0 Å². The van der Waals surface area contributed by atoms with Crippen molar-refractivity contribution in [3.63, 3.8) is 0 Å². The topological polar surface area (TPSA) is 3.24 Å². The summed E-state index contributed by atoms with van der Waals surface area (Å²) in [4.78, 5) is 2.55. The number of rotatable bonds is 8. The smallest absolute Gasteiger partial charge is 0.0714 e. The normalized spacial score (nSPS) is 12.6. The molecule has 0 aliphatic heterocycles. The molecule has 0 atom stereocenters. The number of anilines is 3. The van der Waals surface area contributed by atoms with E-state index in [-0.39, 0.29) is 0 Å². The molecule has 12 aromatic rings. The van der Waals surface area contributed by atoms with Crippen LogP contribution in [0.2, 0.25) is 0 Å². The molecule has 0 saturated carbocycles. The van der Waals surface area contributed by atoms with Gasteiger partial charge < -0.3 is 4.90 Å². The first-order valence-corrected chi connectivity index (χ1v) is 23.9. The maximum Gasteiger partial charge on any atom is 0.0714 e. The molecule has 1 aromatic heterocycles. The van der Waals surface area contributed by atoms with Gasteiger partial charge in [0, 0.05) is 37.0 Å². The summed E-state index contributed by atoms with van der Waals surface area (Å²) in [6, 6.07) is 96.7. The number of hydrogen-bond donors (Lipinski definition) is 0. The fourth-order valence-corrected chi connectivity index (χ4v) is 12.2. The highest BCUT2D eigenvalue weighted by Crippen LogP contribution is 2.58. The summed E-state index contributed by atoms with van der Waals surface area (Å²) < 4.78 is 2.59. The summed E-state index contributed by atoms with van der Waals surface area (Å²) in [6.45, 7) is 0. The molecule has 0 fully saturated rings. The zero-order valence-electron chi connectivity index (χ0n) is 36.7. The second-order valence-electron chi connectivity index (χ2n) is 17.5. The first-order chi connectivity index (χ1) is 33.3. The van der Waals surface area contributed by atoms with E-state index in [1.165, 1.54) is 86.6 Å². The molecule has 1 heterocycles. The van der Waals surface area contributed by atoms with E-state index >= 15 is 0 Å². The monoisotopic (exact) mass is 869 g/mol. The van der Waals surface area contributed by atoms with Gasteiger partial charge in [0.2, 0.25) is 0 Å². The molecular formula is C65H43NS. The van der Waals surface area contributed by atoms with Crippen LogP contribution >= 0.6 is 11.3 Å². The Morgan fingerprint density at radius 1 is 0.313 bits per heavy atom. The average molecular weight is 870 g/mol. The highest BCUT2D eigenvalue weighted by molar-refractivity contribution is 7.25. The van der Waals surface area contributed by atoms with Crippen LogP contribution in [0, 0.1) is 0 Å². The van der Waals surface area contributed by atoms with Gasteiger partial charge in [-0.1, -0.05) is 218 Å². The number of hydrogen-bond acceptors (Lipinski definition) is 2. The summed E-state index contributed by atoms with van der Waals surface area (Å²) in [7, 11) is 0. The zero-order chi connectivity index (χ0) is 44.3. The molecule has 11 aromatic carbocycles. The summed E-state index contributed by atoms with van der Waals surface area (Å²) in [6.07, 6.45) is 0. The molecule has 2 heteroatoms. The number of benzene rings is 11.